The molecule has 2 saturated carbocycles. The Bertz CT molecular complexity index is 241. The molecule has 2 aliphatic carbocycles. The van der Waals surface area contributed by atoms with Gasteiger partial charge in [0.05, 0.1) is 12.2 Å². The highest BCUT2D eigenvalue weighted by Crippen LogP contribution is 2.54. The highest BCUT2D eigenvalue weighted by molar-refractivity contribution is 5.03. The molecular formula is C14H26O2. The summed E-state index contributed by atoms with van der Waals surface area (Å²) < 4.78 is 5.89. The van der Waals surface area contributed by atoms with Crippen molar-refractivity contribution >= 4 is 0 Å². The second kappa shape index (κ2) is 4.66. The molecule has 0 amide bonds. The Labute approximate surface area is 99.4 Å². The summed E-state index contributed by atoms with van der Waals surface area (Å²) >= 11 is 0. The summed E-state index contributed by atoms with van der Waals surface area (Å²) in [4.78, 5) is 0. The fraction of sp³-hybridized carbons (Fsp3) is 1.00. The number of rotatable bonds is 2. The fourth-order valence-electron chi connectivity index (χ4n) is 4.16. The maximum atomic E-state index is 10.5. The second-order valence-corrected chi connectivity index (χ2v) is 5.92. The maximum Gasteiger partial charge on any atom is 0.0656 e. The van der Waals surface area contributed by atoms with E-state index in [1.54, 1.807) is 0 Å². The van der Waals surface area contributed by atoms with Crippen LogP contribution >= 0.6 is 0 Å². The van der Waals surface area contributed by atoms with Gasteiger partial charge >= 0.3 is 0 Å². The number of aliphatic hydroxyl groups is 1. The molecule has 2 rings (SSSR count). The smallest absolute Gasteiger partial charge is 0.0656 e. The van der Waals surface area contributed by atoms with E-state index in [2.05, 4.69) is 20.8 Å². The predicted octanol–water partition coefficient (Wildman–Crippen LogP) is 2.99. The molecule has 0 spiro atoms. The van der Waals surface area contributed by atoms with Crippen LogP contribution in [-0.4, -0.2) is 23.9 Å². The van der Waals surface area contributed by atoms with Crippen molar-refractivity contribution in [1.82, 2.24) is 0 Å². The molecule has 16 heavy (non-hydrogen) atoms. The van der Waals surface area contributed by atoms with E-state index in [9.17, 15) is 5.11 Å². The average molecular weight is 226 g/mol. The van der Waals surface area contributed by atoms with Gasteiger partial charge < -0.3 is 9.84 Å². The summed E-state index contributed by atoms with van der Waals surface area (Å²) in [5, 5.41) is 10.5. The van der Waals surface area contributed by atoms with Crippen LogP contribution < -0.4 is 0 Å². The van der Waals surface area contributed by atoms with Gasteiger partial charge in [-0.3, -0.25) is 0 Å². The lowest BCUT2D eigenvalue weighted by Crippen LogP contribution is -2.45. The highest BCUT2D eigenvalue weighted by Gasteiger charge is 2.54. The Balaban J connectivity index is 2.24. The third-order valence-corrected chi connectivity index (χ3v) is 5.14. The molecule has 0 aromatic carbocycles. The van der Waals surface area contributed by atoms with Crippen LogP contribution in [0.2, 0.25) is 0 Å². The van der Waals surface area contributed by atoms with Gasteiger partial charge in [-0.2, -0.15) is 0 Å². The van der Waals surface area contributed by atoms with Crippen molar-refractivity contribution in [2.24, 2.45) is 17.3 Å². The van der Waals surface area contributed by atoms with E-state index in [1.807, 2.05) is 0 Å². The molecule has 0 aromatic heterocycles. The Morgan fingerprint density at radius 3 is 2.69 bits per heavy atom. The van der Waals surface area contributed by atoms with Gasteiger partial charge in [0.25, 0.3) is 0 Å². The van der Waals surface area contributed by atoms with E-state index < -0.39 is 0 Å². The number of hydrogen-bond donors (Lipinski definition) is 1. The van der Waals surface area contributed by atoms with Gasteiger partial charge in [0, 0.05) is 12.0 Å². The van der Waals surface area contributed by atoms with Crippen LogP contribution in [0.5, 0.6) is 0 Å². The van der Waals surface area contributed by atoms with Gasteiger partial charge in [-0.1, -0.05) is 26.7 Å². The van der Waals surface area contributed by atoms with Gasteiger partial charge in [-0.05, 0) is 38.0 Å². The zero-order valence-corrected chi connectivity index (χ0v) is 10.9. The standard InChI is InChI=1S/C14H26O2/c1-4-16-13-9-8-11-10(2)6-5-7-12(15)14(11,13)3/h10-13,15H,4-9H2,1-3H3/t10-,11-,12-,13+,14+/m0/s1. The Morgan fingerprint density at radius 2 is 2.00 bits per heavy atom. The average Bonchev–Trinajstić information content (AvgIpc) is 2.53. The first-order valence-electron chi connectivity index (χ1n) is 6.90. The molecule has 2 nitrogen and oxygen atoms in total. The van der Waals surface area contributed by atoms with Crippen molar-refractivity contribution in [2.45, 2.75) is 65.1 Å². The fourth-order valence-corrected chi connectivity index (χ4v) is 4.16. The van der Waals surface area contributed by atoms with E-state index >= 15 is 0 Å². The van der Waals surface area contributed by atoms with E-state index in [1.165, 1.54) is 19.3 Å². The minimum Gasteiger partial charge on any atom is -0.392 e. The van der Waals surface area contributed by atoms with Gasteiger partial charge in [-0.25, -0.2) is 0 Å². The molecule has 94 valence electrons. The molecule has 0 aromatic rings. The van der Waals surface area contributed by atoms with Crippen LogP contribution in [0.15, 0.2) is 0 Å². The van der Waals surface area contributed by atoms with Crippen LogP contribution in [-0.2, 0) is 4.74 Å². The first-order valence-corrected chi connectivity index (χ1v) is 6.90. The van der Waals surface area contributed by atoms with Crippen molar-refractivity contribution in [3.8, 4) is 0 Å². The number of aliphatic hydroxyl groups excluding tert-OH is 1. The SMILES string of the molecule is CCO[C@@H]1CC[C@H]2[C@@H](C)CCC[C@H](O)[C@]12C. The molecule has 0 radical (unpaired) electrons. The van der Waals surface area contributed by atoms with Gasteiger partial charge in [0.2, 0.25) is 0 Å². The summed E-state index contributed by atoms with van der Waals surface area (Å²) in [6, 6.07) is 0. The van der Waals surface area contributed by atoms with E-state index in [-0.39, 0.29) is 17.6 Å². The van der Waals surface area contributed by atoms with E-state index in [4.69, 9.17) is 4.74 Å². The first kappa shape index (κ1) is 12.4. The molecule has 2 fully saturated rings. The Hall–Kier alpha value is -0.0800. The van der Waals surface area contributed by atoms with Crippen molar-refractivity contribution in [2.75, 3.05) is 6.61 Å². The van der Waals surface area contributed by atoms with Crippen molar-refractivity contribution in [3.05, 3.63) is 0 Å². The largest absolute Gasteiger partial charge is 0.392 e. The van der Waals surface area contributed by atoms with Gasteiger partial charge in [0.1, 0.15) is 0 Å². The van der Waals surface area contributed by atoms with Crippen molar-refractivity contribution in [3.63, 3.8) is 0 Å². The van der Waals surface area contributed by atoms with Crippen LogP contribution in [0.1, 0.15) is 52.9 Å². The molecule has 2 aliphatic rings. The lowest BCUT2D eigenvalue weighted by molar-refractivity contribution is -0.0962. The summed E-state index contributed by atoms with van der Waals surface area (Å²) in [5.41, 5.74) is 0.00588. The molecule has 0 heterocycles. The van der Waals surface area contributed by atoms with Crippen LogP contribution in [0.25, 0.3) is 0 Å². The molecule has 0 unspecified atom stereocenters. The third kappa shape index (κ3) is 1.80. The van der Waals surface area contributed by atoms with E-state index in [0.717, 1.165) is 25.4 Å². The zero-order chi connectivity index (χ0) is 11.8. The lowest BCUT2D eigenvalue weighted by atomic mass is 9.69. The van der Waals surface area contributed by atoms with Crippen LogP contribution in [0, 0.1) is 17.3 Å². The van der Waals surface area contributed by atoms with Crippen LogP contribution in [0.3, 0.4) is 0 Å². The monoisotopic (exact) mass is 226 g/mol. The number of ether oxygens (including phenoxy) is 1. The summed E-state index contributed by atoms with van der Waals surface area (Å²) in [7, 11) is 0. The molecule has 0 saturated heterocycles. The summed E-state index contributed by atoms with van der Waals surface area (Å²) in [6.07, 6.45) is 5.89. The number of hydrogen-bond acceptors (Lipinski definition) is 2. The predicted molar refractivity (Wildman–Crippen MR) is 65.3 cm³/mol. The quantitative estimate of drug-likeness (QED) is 0.784. The van der Waals surface area contributed by atoms with Crippen molar-refractivity contribution in [1.29, 1.82) is 0 Å². The van der Waals surface area contributed by atoms with Gasteiger partial charge in [-0.15, -0.1) is 0 Å². The maximum absolute atomic E-state index is 10.5. The molecule has 1 N–H and O–H groups in total. The molecule has 0 bridgehead atoms. The normalized spacial score (nSPS) is 48.8. The molecular weight excluding hydrogens is 200 g/mol. The Kier molecular flexibility index (Phi) is 3.60. The summed E-state index contributed by atoms with van der Waals surface area (Å²) in [6.45, 7) is 7.45. The molecule has 0 aliphatic heterocycles. The highest BCUT2D eigenvalue weighted by atomic mass is 16.5. The van der Waals surface area contributed by atoms with E-state index in [0.29, 0.717) is 5.92 Å². The Morgan fingerprint density at radius 1 is 1.25 bits per heavy atom. The van der Waals surface area contributed by atoms with Crippen LogP contribution in [0.4, 0.5) is 0 Å². The summed E-state index contributed by atoms with van der Waals surface area (Å²) in [5.74, 6) is 1.40. The van der Waals surface area contributed by atoms with Crippen molar-refractivity contribution < 1.29 is 9.84 Å². The molecule has 2 heteroatoms. The zero-order valence-electron chi connectivity index (χ0n) is 10.9. The minimum atomic E-state index is -0.165. The van der Waals surface area contributed by atoms with Gasteiger partial charge in [0.15, 0.2) is 0 Å². The second-order valence-electron chi connectivity index (χ2n) is 5.92. The minimum absolute atomic E-state index is 0.00588. The topological polar surface area (TPSA) is 29.5 Å². The first-order chi connectivity index (χ1) is 7.60. The molecule has 5 atom stereocenters. The lowest BCUT2D eigenvalue weighted by Gasteiger charge is -2.41. The number of fused-ring (bicyclic) bond motifs is 1. The third-order valence-electron chi connectivity index (χ3n) is 5.14.